The molecule has 10 heteroatoms. The van der Waals surface area contributed by atoms with Crippen molar-refractivity contribution in [1.82, 2.24) is 14.5 Å². The molecular formula is C27H19ClF3N3O2S. The zero-order valence-corrected chi connectivity index (χ0v) is 21.0. The van der Waals surface area contributed by atoms with Crippen molar-refractivity contribution in [1.29, 1.82) is 0 Å². The second-order valence-electron chi connectivity index (χ2n) is 9.30. The average molecular weight is 542 g/mol. The lowest BCUT2D eigenvalue weighted by atomic mass is 9.99. The van der Waals surface area contributed by atoms with E-state index in [0.717, 1.165) is 41.8 Å². The minimum Gasteiger partial charge on any atom is -0.505 e. The summed E-state index contributed by atoms with van der Waals surface area (Å²) in [7, 11) is 0. The highest BCUT2D eigenvalue weighted by Gasteiger charge is 2.32. The number of aryl methyl sites for hydroxylation is 1. The second-order valence-corrected chi connectivity index (χ2v) is 10.7. The Kier molecular flexibility index (Phi) is 5.54. The summed E-state index contributed by atoms with van der Waals surface area (Å²) in [5.74, 6) is 0.681. The van der Waals surface area contributed by atoms with Crippen LogP contribution in [0, 0.1) is 6.92 Å². The number of pyridine rings is 1. The van der Waals surface area contributed by atoms with E-state index in [9.17, 15) is 23.1 Å². The van der Waals surface area contributed by atoms with E-state index in [1.54, 1.807) is 6.07 Å². The highest BCUT2D eigenvalue weighted by molar-refractivity contribution is 7.25. The van der Waals surface area contributed by atoms with Crippen LogP contribution in [-0.2, 0) is 12.7 Å². The molecule has 37 heavy (non-hydrogen) atoms. The maximum absolute atomic E-state index is 14.0. The molecule has 1 aliphatic rings. The zero-order valence-electron chi connectivity index (χ0n) is 19.4. The number of aromatic nitrogens is 3. The summed E-state index contributed by atoms with van der Waals surface area (Å²) in [6.07, 6.45) is -1.33. The van der Waals surface area contributed by atoms with Gasteiger partial charge in [0.2, 0.25) is 0 Å². The normalized spacial score (nSPS) is 14.1. The van der Waals surface area contributed by atoms with E-state index in [2.05, 4.69) is 11.1 Å². The highest BCUT2D eigenvalue weighted by Crippen LogP contribution is 2.45. The van der Waals surface area contributed by atoms with Gasteiger partial charge in [-0.3, -0.25) is 14.3 Å². The zero-order chi connectivity index (χ0) is 26.1. The summed E-state index contributed by atoms with van der Waals surface area (Å²) in [5, 5.41) is 11.6. The van der Waals surface area contributed by atoms with E-state index in [4.69, 9.17) is 16.6 Å². The van der Waals surface area contributed by atoms with Gasteiger partial charge in [-0.15, -0.1) is 11.3 Å². The van der Waals surface area contributed by atoms with Crippen LogP contribution in [0.25, 0.3) is 31.7 Å². The minimum atomic E-state index is -4.55. The largest absolute Gasteiger partial charge is 0.505 e. The highest BCUT2D eigenvalue weighted by atomic mass is 35.5. The van der Waals surface area contributed by atoms with E-state index in [1.165, 1.54) is 28.0 Å². The van der Waals surface area contributed by atoms with Crippen LogP contribution in [-0.4, -0.2) is 19.6 Å². The number of hydrogen-bond donors (Lipinski definition) is 1. The van der Waals surface area contributed by atoms with Crippen LogP contribution >= 0.6 is 22.9 Å². The van der Waals surface area contributed by atoms with Gasteiger partial charge >= 0.3 is 6.18 Å². The van der Waals surface area contributed by atoms with E-state index in [0.29, 0.717) is 37.6 Å². The Morgan fingerprint density at radius 1 is 1.16 bits per heavy atom. The van der Waals surface area contributed by atoms with E-state index < -0.39 is 11.9 Å². The summed E-state index contributed by atoms with van der Waals surface area (Å²) < 4.78 is 41.1. The number of phenolic OH excluding ortho intramolecular Hbond substituents is 1. The molecule has 188 valence electrons. The fourth-order valence-corrected chi connectivity index (χ4v) is 5.95. The summed E-state index contributed by atoms with van der Waals surface area (Å²) in [4.78, 5) is 22.9. The summed E-state index contributed by atoms with van der Waals surface area (Å²) in [6.45, 7) is 1.99. The molecule has 6 rings (SSSR count). The lowest BCUT2D eigenvalue weighted by Crippen LogP contribution is -2.24. The Morgan fingerprint density at radius 3 is 2.62 bits per heavy atom. The van der Waals surface area contributed by atoms with Crippen molar-refractivity contribution >= 4 is 43.2 Å². The Hall–Kier alpha value is -3.43. The molecule has 0 amide bonds. The van der Waals surface area contributed by atoms with Gasteiger partial charge in [-0.25, -0.2) is 4.98 Å². The van der Waals surface area contributed by atoms with Gasteiger partial charge in [-0.05, 0) is 48.9 Å². The van der Waals surface area contributed by atoms with Crippen molar-refractivity contribution in [2.75, 3.05) is 0 Å². The average Bonchev–Trinajstić information content (AvgIpc) is 3.63. The number of phenols is 1. The molecule has 0 saturated heterocycles. The molecule has 0 radical (unpaired) electrons. The first-order valence-corrected chi connectivity index (χ1v) is 12.8. The summed E-state index contributed by atoms with van der Waals surface area (Å²) in [5.41, 5.74) is 2.08. The summed E-state index contributed by atoms with van der Waals surface area (Å²) in [6, 6.07) is 11.4. The predicted molar refractivity (Wildman–Crippen MR) is 139 cm³/mol. The molecule has 0 unspecified atom stereocenters. The number of halogens is 4. The number of benzene rings is 2. The molecule has 3 heterocycles. The Morgan fingerprint density at radius 2 is 1.95 bits per heavy atom. The lowest BCUT2D eigenvalue weighted by molar-refractivity contribution is -0.141. The molecule has 2 aromatic carbocycles. The first-order chi connectivity index (χ1) is 17.6. The van der Waals surface area contributed by atoms with Crippen molar-refractivity contribution in [3.63, 3.8) is 0 Å². The molecule has 0 atom stereocenters. The maximum atomic E-state index is 14.0. The first kappa shape index (κ1) is 23.9. The van der Waals surface area contributed by atoms with Crippen molar-refractivity contribution in [2.24, 2.45) is 0 Å². The molecule has 5 nitrogen and oxygen atoms in total. The van der Waals surface area contributed by atoms with Crippen LogP contribution in [0.4, 0.5) is 13.2 Å². The minimum absolute atomic E-state index is 0.0167. The fraction of sp³-hybridized carbons (Fsp3) is 0.222. The number of alkyl halides is 3. The van der Waals surface area contributed by atoms with Crippen molar-refractivity contribution in [3.05, 3.63) is 86.4 Å². The third-order valence-electron chi connectivity index (χ3n) is 6.61. The number of aromatic hydroxyl groups is 1. The molecule has 5 aromatic rings. The van der Waals surface area contributed by atoms with Crippen LogP contribution in [0.3, 0.4) is 0 Å². The number of hydrogen-bond acceptors (Lipinski definition) is 5. The van der Waals surface area contributed by atoms with Crippen LogP contribution in [0.5, 0.6) is 5.75 Å². The molecule has 1 fully saturated rings. The Balaban J connectivity index is 1.61. The number of thiophene rings is 1. The Labute approximate surface area is 217 Å². The molecule has 0 bridgehead atoms. The van der Waals surface area contributed by atoms with Crippen molar-refractivity contribution in [3.8, 4) is 17.1 Å². The van der Waals surface area contributed by atoms with Gasteiger partial charge in [-0.2, -0.15) is 13.2 Å². The lowest BCUT2D eigenvalue weighted by Gasteiger charge is -2.16. The second kappa shape index (κ2) is 8.56. The maximum Gasteiger partial charge on any atom is 0.433 e. The molecular weight excluding hydrogens is 523 g/mol. The summed E-state index contributed by atoms with van der Waals surface area (Å²) >= 11 is 7.29. The monoisotopic (exact) mass is 541 g/mol. The van der Waals surface area contributed by atoms with Gasteiger partial charge in [0, 0.05) is 17.1 Å². The van der Waals surface area contributed by atoms with Crippen LogP contribution in [0.1, 0.15) is 41.1 Å². The third kappa shape index (κ3) is 4.16. The topological polar surface area (TPSA) is 68.0 Å². The first-order valence-electron chi connectivity index (χ1n) is 11.6. The molecule has 0 spiro atoms. The predicted octanol–water partition coefficient (Wildman–Crippen LogP) is 7.29. The quantitative estimate of drug-likeness (QED) is 0.259. The smallest absolute Gasteiger partial charge is 0.433 e. The fourth-order valence-electron chi connectivity index (χ4n) is 4.62. The third-order valence-corrected chi connectivity index (χ3v) is 8.02. The molecule has 3 aromatic heterocycles. The van der Waals surface area contributed by atoms with Gasteiger partial charge < -0.3 is 5.11 Å². The van der Waals surface area contributed by atoms with Crippen molar-refractivity contribution in [2.45, 2.75) is 38.4 Å². The van der Waals surface area contributed by atoms with Gasteiger partial charge in [0.15, 0.2) is 5.75 Å². The van der Waals surface area contributed by atoms with Crippen LogP contribution < -0.4 is 5.56 Å². The van der Waals surface area contributed by atoms with Gasteiger partial charge in [0.1, 0.15) is 16.3 Å². The Bertz CT molecular complexity index is 1760. The van der Waals surface area contributed by atoms with Gasteiger partial charge in [0.05, 0.1) is 21.7 Å². The molecule has 1 aliphatic carbocycles. The van der Waals surface area contributed by atoms with E-state index in [1.807, 2.05) is 19.1 Å². The number of rotatable bonds is 4. The SMILES string of the molecule is Cc1ccc(-c2nc3sc4c(O)c(Cl)ccc4c3c(=O)n2Cc2ccc(C(F)(F)F)nc2)c(C2CC2)c1. The number of nitrogens with zero attached hydrogens (tertiary/aromatic N) is 3. The van der Waals surface area contributed by atoms with Crippen LogP contribution in [0.2, 0.25) is 5.02 Å². The van der Waals surface area contributed by atoms with E-state index in [-0.39, 0.29) is 22.9 Å². The molecule has 1 N–H and O–H groups in total. The van der Waals surface area contributed by atoms with Crippen molar-refractivity contribution < 1.29 is 18.3 Å². The van der Waals surface area contributed by atoms with Gasteiger partial charge in [0.25, 0.3) is 5.56 Å². The van der Waals surface area contributed by atoms with E-state index >= 15 is 0 Å². The molecule has 0 aliphatic heterocycles. The standard InChI is InChI=1S/C27H19ClF3N3O2S/c1-13-2-6-16(18(10-13)15-4-5-15)24-33-25-21(17-7-8-19(28)22(35)23(17)37-25)26(36)34(24)12-14-3-9-20(32-11-14)27(29,30)31/h2-3,6-11,15,35H,4-5,12H2,1H3. The molecule has 1 saturated carbocycles. The number of fused-ring (bicyclic) bond motifs is 3. The van der Waals surface area contributed by atoms with Crippen LogP contribution in [0.15, 0.2) is 53.5 Å². The van der Waals surface area contributed by atoms with Gasteiger partial charge in [-0.1, -0.05) is 47.5 Å².